The van der Waals surface area contributed by atoms with Crippen LogP contribution < -0.4 is 0 Å². The zero-order valence-electron chi connectivity index (χ0n) is 16.2. The topological polar surface area (TPSA) is 96.8 Å². The molecule has 0 radical (unpaired) electrons. The van der Waals surface area contributed by atoms with E-state index in [1.807, 2.05) is 37.3 Å². The van der Waals surface area contributed by atoms with E-state index in [1.54, 1.807) is 0 Å². The van der Waals surface area contributed by atoms with Gasteiger partial charge in [-0.25, -0.2) is 12.7 Å². The SMILES string of the molecule is Cc1cc(COC2CCN(S(=O)(=O)C[C@H](C)C(=O)O)CC2)c2ccccc2n1. The molecule has 1 aromatic carbocycles. The molecule has 1 aliphatic rings. The van der Waals surface area contributed by atoms with E-state index in [0.29, 0.717) is 32.5 Å². The van der Waals surface area contributed by atoms with Crippen molar-refractivity contribution >= 4 is 26.9 Å². The molecule has 0 aliphatic carbocycles. The number of aliphatic carboxylic acids is 1. The molecule has 0 bridgehead atoms. The number of aryl methyl sites for hydroxylation is 1. The van der Waals surface area contributed by atoms with Crippen molar-refractivity contribution in [2.75, 3.05) is 18.8 Å². The number of hydrogen-bond donors (Lipinski definition) is 1. The largest absolute Gasteiger partial charge is 0.481 e. The summed E-state index contributed by atoms with van der Waals surface area (Å²) >= 11 is 0. The highest BCUT2D eigenvalue weighted by atomic mass is 32.2. The summed E-state index contributed by atoms with van der Waals surface area (Å²) in [6, 6.07) is 9.97. The summed E-state index contributed by atoms with van der Waals surface area (Å²) in [5.74, 6) is -2.38. The van der Waals surface area contributed by atoms with E-state index < -0.39 is 21.9 Å². The molecule has 1 fully saturated rings. The second kappa shape index (κ2) is 8.55. The summed E-state index contributed by atoms with van der Waals surface area (Å²) in [4.78, 5) is 15.5. The maximum absolute atomic E-state index is 12.4. The summed E-state index contributed by atoms with van der Waals surface area (Å²) in [7, 11) is -3.56. The third-order valence-electron chi connectivity index (χ3n) is 5.08. The van der Waals surface area contributed by atoms with Crippen molar-refractivity contribution in [2.24, 2.45) is 5.92 Å². The van der Waals surface area contributed by atoms with E-state index in [-0.39, 0.29) is 11.9 Å². The molecular formula is C20H26N2O5S. The fraction of sp³-hybridized carbons (Fsp3) is 0.500. The van der Waals surface area contributed by atoms with Crippen LogP contribution in [0.25, 0.3) is 10.9 Å². The number of carbonyl (C=O) groups is 1. The highest BCUT2D eigenvalue weighted by molar-refractivity contribution is 7.89. The molecule has 2 heterocycles. The molecule has 28 heavy (non-hydrogen) atoms. The van der Waals surface area contributed by atoms with Crippen LogP contribution in [0.4, 0.5) is 0 Å². The standard InChI is InChI=1S/C20H26N2O5S/c1-14(20(23)24)13-28(25,26)22-9-7-17(8-10-22)27-12-16-11-15(2)21-19-6-4-3-5-18(16)19/h3-6,11,14,17H,7-10,12-13H2,1-2H3,(H,23,24)/t14-/m0/s1. The van der Waals surface area contributed by atoms with E-state index >= 15 is 0 Å². The van der Waals surface area contributed by atoms with E-state index in [1.165, 1.54) is 11.2 Å². The number of para-hydroxylation sites is 1. The Bertz CT molecular complexity index is 952. The molecule has 1 atom stereocenters. The lowest BCUT2D eigenvalue weighted by atomic mass is 10.1. The van der Waals surface area contributed by atoms with Gasteiger partial charge in [0, 0.05) is 24.2 Å². The average Bonchev–Trinajstić information content (AvgIpc) is 2.66. The van der Waals surface area contributed by atoms with Crippen LogP contribution in [-0.2, 0) is 26.2 Å². The summed E-state index contributed by atoms with van der Waals surface area (Å²) in [5, 5.41) is 10.0. The van der Waals surface area contributed by atoms with Crippen LogP contribution in [0.5, 0.6) is 0 Å². The van der Waals surface area contributed by atoms with Gasteiger partial charge in [-0.1, -0.05) is 25.1 Å². The first-order valence-corrected chi connectivity index (χ1v) is 11.0. The number of carboxylic acid groups (broad SMARTS) is 1. The lowest BCUT2D eigenvalue weighted by molar-refractivity contribution is -0.140. The van der Waals surface area contributed by atoms with Gasteiger partial charge in [0.05, 0.1) is 29.9 Å². The number of benzene rings is 1. The summed E-state index contributed by atoms with van der Waals surface area (Å²) in [6.07, 6.45) is 1.18. The van der Waals surface area contributed by atoms with Crippen LogP contribution in [0.3, 0.4) is 0 Å². The van der Waals surface area contributed by atoms with Crippen molar-refractivity contribution in [1.82, 2.24) is 9.29 Å². The van der Waals surface area contributed by atoms with Crippen LogP contribution in [0.1, 0.15) is 31.0 Å². The Morgan fingerprint density at radius 2 is 2.00 bits per heavy atom. The fourth-order valence-electron chi connectivity index (χ4n) is 3.49. The molecule has 0 spiro atoms. The van der Waals surface area contributed by atoms with Crippen molar-refractivity contribution in [2.45, 2.75) is 39.4 Å². The van der Waals surface area contributed by atoms with E-state index in [4.69, 9.17) is 9.84 Å². The Labute approximate surface area is 165 Å². The number of pyridine rings is 1. The van der Waals surface area contributed by atoms with Gasteiger partial charge >= 0.3 is 5.97 Å². The molecule has 152 valence electrons. The van der Waals surface area contributed by atoms with Crippen LogP contribution >= 0.6 is 0 Å². The average molecular weight is 407 g/mol. The second-order valence-corrected chi connectivity index (χ2v) is 9.38. The van der Waals surface area contributed by atoms with Gasteiger partial charge in [-0.3, -0.25) is 9.78 Å². The van der Waals surface area contributed by atoms with Gasteiger partial charge in [0.1, 0.15) is 0 Å². The minimum Gasteiger partial charge on any atom is -0.481 e. The normalized spacial score (nSPS) is 17.6. The van der Waals surface area contributed by atoms with Gasteiger partial charge in [0.2, 0.25) is 10.0 Å². The van der Waals surface area contributed by atoms with E-state index in [0.717, 1.165) is 22.2 Å². The summed E-state index contributed by atoms with van der Waals surface area (Å²) < 4.78 is 32.2. The van der Waals surface area contributed by atoms with Crippen LogP contribution in [0, 0.1) is 12.8 Å². The number of aromatic nitrogens is 1. The Hall–Kier alpha value is -2.03. The smallest absolute Gasteiger partial charge is 0.307 e. The van der Waals surface area contributed by atoms with Crippen molar-refractivity contribution in [3.8, 4) is 0 Å². The molecule has 0 saturated carbocycles. The molecule has 8 heteroatoms. The number of ether oxygens (including phenoxy) is 1. The molecule has 1 aliphatic heterocycles. The first-order valence-electron chi connectivity index (χ1n) is 9.44. The van der Waals surface area contributed by atoms with Crippen LogP contribution in [0.15, 0.2) is 30.3 Å². The zero-order chi connectivity index (χ0) is 20.3. The lowest BCUT2D eigenvalue weighted by Crippen LogP contribution is -2.43. The molecule has 1 saturated heterocycles. The number of carboxylic acids is 1. The fourth-order valence-corrected chi connectivity index (χ4v) is 5.24. The molecule has 0 amide bonds. The second-order valence-electron chi connectivity index (χ2n) is 7.37. The van der Waals surface area contributed by atoms with Crippen LogP contribution in [-0.4, -0.2) is 53.7 Å². The predicted molar refractivity (Wildman–Crippen MR) is 106 cm³/mol. The summed E-state index contributed by atoms with van der Waals surface area (Å²) in [5.41, 5.74) is 2.95. The number of rotatable bonds is 7. The Balaban J connectivity index is 1.58. The van der Waals surface area contributed by atoms with Crippen molar-refractivity contribution in [3.05, 3.63) is 41.6 Å². The van der Waals surface area contributed by atoms with Gasteiger partial charge < -0.3 is 9.84 Å². The molecule has 7 nitrogen and oxygen atoms in total. The van der Waals surface area contributed by atoms with Crippen molar-refractivity contribution in [1.29, 1.82) is 0 Å². The van der Waals surface area contributed by atoms with Crippen molar-refractivity contribution in [3.63, 3.8) is 0 Å². The minimum atomic E-state index is -3.56. The molecule has 2 aromatic rings. The third kappa shape index (κ3) is 4.87. The molecule has 1 N–H and O–H groups in total. The van der Waals surface area contributed by atoms with Gasteiger partial charge in [0.15, 0.2) is 0 Å². The maximum atomic E-state index is 12.4. The van der Waals surface area contributed by atoms with Crippen molar-refractivity contribution < 1.29 is 23.1 Å². The predicted octanol–water partition coefficient (Wildman–Crippen LogP) is 2.57. The molecular weight excluding hydrogens is 380 g/mol. The number of nitrogens with zero attached hydrogens (tertiary/aromatic N) is 2. The number of sulfonamides is 1. The van der Waals surface area contributed by atoms with E-state index in [9.17, 15) is 13.2 Å². The maximum Gasteiger partial charge on any atom is 0.307 e. The first kappa shape index (κ1) is 20.7. The quantitative estimate of drug-likeness (QED) is 0.759. The highest BCUT2D eigenvalue weighted by Gasteiger charge is 2.31. The summed E-state index contributed by atoms with van der Waals surface area (Å²) in [6.45, 7) is 4.54. The molecule has 0 unspecified atom stereocenters. The third-order valence-corrected chi connectivity index (χ3v) is 7.15. The van der Waals surface area contributed by atoms with Gasteiger partial charge in [-0.2, -0.15) is 0 Å². The molecule has 1 aromatic heterocycles. The van der Waals surface area contributed by atoms with Gasteiger partial charge in [-0.15, -0.1) is 0 Å². The monoisotopic (exact) mass is 406 g/mol. The first-order chi connectivity index (χ1) is 13.3. The Morgan fingerprint density at radius 3 is 2.68 bits per heavy atom. The number of piperidine rings is 1. The van der Waals surface area contributed by atoms with Gasteiger partial charge in [0.25, 0.3) is 0 Å². The lowest BCUT2D eigenvalue weighted by Gasteiger charge is -2.31. The zero-order valence-corrected chi connectivity index (χ0v) is 17.0. The van der Waals surface area contributed by atoms with Crippen LogP contribution in [0.2, 0.25) is 0 Å². The Kier molecular flexibility index (Phi) is 6.32. The van der Waals surface area contributed by atoms with E-state index in [2.05, 4.69) is 4.98 Å². The Morgan fingerprint density at radius 1 is 1.32 bits per heavy atom. The highest BCUT2D eigenvalue weighted by Crippen LogP contribution is 2.23. The van der Waals surface area contributed by atoms with Gasteiger partial charge in [-0.05, 0) is 37.5 Å². The molecule has 3 rings (SSSR count). The minimum absolute atomic E-state index is 0.0180. The number of fused-ring (bicyclic) bond motifs is 1. The number of hydrogen-bond acceptors (Lipinski definition) is 5.